The molecule has 0 fully saturated rings. The predicted molar refractivity (Wildman–Crippen MR) is 109 cm³/mol. The topological polar surface area (TPSA) is 47.6 Å². The van der Waals surface area contributed by atoms with E-state index in [1.807, 2.05) is 48.5 Å². The standard InChI is InChI=1S/C23H23NO3/c1-26-22-13-12-20-15-18(10-11-21(20)16-22)7-5-6-14-24-23(25)27-17-19-8-3-2-4-9-19/h2-5,7-13,15-16H,6,14,17H2,1H3,(H,24,25). The van der Waals surface area contributed by atoms with Gasteiger partial charge in [-0.25, -0.2) is 4.79 Å². The van der Waals surface area contributed by atoms with Gasteiger partial charge in [-0.15, -0.1) is 0 Å². The number of hydrogen-bond acceptors (Lipinski definition) is 3. The Kier molecular flexibility index (Phi) is 6.47. The minimum atomic E-state index is -0.396. The Balaban J connectivity index is 1.42. The number of methoxy groups -OCH3 is 1. The number of carbonyl (C=O) groups is 1. The number of benzene rings is 3. The van der Waals surface area contributed by atoms with E-state index in [4.69, 9.17) is 9.47 Å². The molecule has 1 N–H and O–H groups in total. The van der Waals surface area contributed by atoms with Gasteiger partial charge in [-0.05, 0) is 46.5 Å². The van der Waals surface area contributed by atoms with Crippen molar-refractivity contribution in [3.63, 3.8) is 0 Å². The van der Waals surface area contributed by atoms with E-state index in [1.165, 1.54) is 5.39 Å². The molecule has 3 aromatic carbocycles. The van der Waals surface area contributed by atoms with Crippen LogP contribution in [0.2, 0.25) is 0 Å². The first kappa shape index (κ1) is 18.5. The van der Waals surface area contributed by atoms with E-state index in [-0.39, 0.29) is 6.61 Å². The third-order valence-corrected chi connectivity index (χ3v) is 4.17. The van der Waals surface area contributed by atoms with Crippen molar-refractivity contribution in [3.05, 3.63) is 83.9 Å². The van der Waals surface area contributed by atoms with E-state index in [0.29, 0.717) is 6.54 Å². The van der Waals surface area contributed by atoms with Crippen LogP contribution in [0.3, 0.4) is 0 Å². The van der Waals surface area contributed by atoms with Crippen LogP contribution in [0.5, 0.6) is 5.75 Å². The number of nitrogens with one attached hydrogen (secondary N) is 1. The summed E-state index contributed by atoms with van der Waals surface area (Å²) in [4.78, 5) is 11.7. The summed E-state index contributed by atoms with van der Waals surface area (Å²) < 4.78 is 10.4. The maximum Gasteiger partial charge on any atom is 0.407 e. The van der Waals surface area contributed by atoms with E-state index in [2.05, 4.69) is 35.7 Å². The van der Waals surface area contributed by atoms with Gasteiger partial charge in [0.25, 0.3) is 0 Å². The zero-order valence-corrected chi connectivity index (χ0v) is 15.4. The van der Waals surface area contributed by atoms with Gasteiger partial charge in [0.2, 0.25) is 0 Å². The van der Waals surface area contributed by atoms with Gasteiger partial charge in [0.1, 0.15) is 12.4 Å². The zero-order chi connectivity index (χ0) is 18.9. The molecule has 0 saturated carbocycles. The molecular weight excluding hydrogens is 338 g/mol. The summed E-state index contributed by atoms with van der Waals surface area (Å²) in [5.74, 6) is 0.857. The third kappa shape index (κ3) is 5.61. The van der Waals surface area contributed by atoms with Crippen molar-refractivity contribution in [1.29, 1.82) is 0 Å². The van der Waals surface area contributed by atoms with E-state index in [9.17, 15) is 4.79 Å². The van der Waals surface area contributed by atoms with Crippen molar-refractivity contribution in [2.75, 3.05) is 13.7 Å². The molecule has 0 unspecified atom stereocenters. The number of fused-ring (bicyclic) bond motifs is 1. The summed E-state index contributed by atoms with van der Waals surface area (Å²) in [5, 5.41) is 5.07. The first-order chi connectivity index (χ1) is 13.2. The molecule has 0 aliphatic carbocycles. The average molecular weight is 361 g/mol. The van der Waals surface area contributed by atoms with Gasteiger partial charge in [-0.3, -0.25) is 0 Å². The molecule has 0 aliphatic rings. The molecular formula is C23H23NO3. The monoisotopic (exact) mass is 361 g/mol. The Morgan fingerprint density at radius 3 is 2.59 bits per heavy atom. The molecule has 0 spiro atoms. The minimum Gasteiger partial charge on any atom is -0.497 e. The summed E-state index contributed by atoms with van der Waals surface area (Å²) >= 11 is 0. The van der Waals surface area contributed by atoms with Gasteiger partial charge >= 0.3 is 6.09 Å². The molecule has 0 atom stereocenters. The largest absolute Gasteiger partial charge is 0.497 e. The van der Waals surface area contributed by atoms with Gasteiger partial charge in [0.15, 0.2) is 0 Å². The predicted octanol–water partition coefficient (Wildman–Crippen LogP) is 5.18. The number of hydrogen-bond donors (Lipinski definition) is 1. The molecule has 0 aliphatic heterocycles. The van der Waals surface area contributed by atoms with Crippen LogP contribution in [0.15, 0.2) is 72.8 Å². The fraction of sp³-hybridized carbons (Fsp3) is 0.174. The molecule has 138 valence electrons. The van der Waals surface area contributed by atoms with E-state index in [1.54, 1.807) is 7.11 Å². The lowest BCUT2D eigenvalue weighted by molar-refractivity contribution is 0.140. The van der Waals surface area contributed by atoms with Gasteiger partial charge < -0.3 is 14.8 Å². The fourth-order valence-corrected chi connectivity index (χ4v) is 2.72. The van der Waals surface area contributed by atoms with Crippen LogP contribution in [0, 0.1) is 0 Å². The lowest BCUT2D eigenvalue weighted by atomic mass is 10.1. The molecule has 0 radical (unpaired) electrons. The van der Waals surface area contributed by atoms with Gasteiger partial charge in [0, 0.05) is 6.54 Å². The van der Waals surface area contributed by atoms with Crippen LogP contribution in [0.25, 0.3) is 16.8 Å². The van der Waals surface area contributed by atoms with E-state index >= 15 is 0 Å². The molecule has 0 heterocycles. The normalized spacial score (nSPS) is 10.9. The molecule has 3 rings (SSSR count). The SMILES string of the molecule is COc1ccc2cc(C=CCCNC(=O)OCc3ccccc3)ccc2c1. The number of alkyl carbamates (subject to hydrolysis) is 1. The van der Waals surface area contributed by atoms with Crippen LogP contribution in [0.1, 0.15) is 17.5 Å². The van der Waals surface area contributed by atoms with E-state index < -0.39 is 6.09 Å². The van der Waals surface area contributed by atoms with Gasteiger partial charge in [-0.2, -0.15) is 0 Å². The van der Waals surface area contributed by atoms with Gasteiger partial charge in [-0.1, -0.05) is 60.7 Å². The van der Waals surface area contributed by atoms with Crippen molar-refractivity contribution in [2.24, 2.45) is 0 Å². The van der Waals surface area contributed by atoms with Crippen molar-refractivity contribution < 1.29 is 14.3 Å². The highest BCUT2D eigenvalue weighted by molar-refractivity contribution is 5.86. The Morgan fingerprint density at radius 2 is 1.78 bits per heavy atom. The first-order valence-corrected chi connectivity index (χ1v) is 8.93. The number of ether oxygens (including phenoxy) is 2. The maximum absolute atomic E-state index is 11.7. The third-order valence-electron chi connectivity index (χ3n) is 4.17. The quantitative estimate of drug-likeness (QED) is 0.590. The molecule has 1 amide bonds. The van der Waals surface area contributed by atoms with Crippen LogP contribution in [-0.2, 0) is 11.3 Å². The lowest BCUT2D eigenvalue weighted by Gasteiger charge is -2.06. The minimum absolute atomic E-state index is 0.282. The maximum atomic E-state index is 11.7. The molecule has 0 saturated heterocycles. The number of rotatable bonds is 7. The molecule has 0 bridgehead atoms. The fourth-order valence-electron chi connectivity index (χ4n) is 2.72. The van der Waals surface area contributed by atoms with E-state index in [0.717, 1.165) is 28.7 Å². The Morgan fingerprint density at radius 1 is 1.00 bits per heavy atom. The van der Waals surface area contributed by atoms with Crippen LogP contribution >= 0.6 is 0 Å². The molecule has 0 aromatic heterocycles. The summed E-state index contributed by atoms with van der Waals surface area (Å²) in [6, 6.07) is 21.9. The van der Waals surface area contributed by atoms with Gasteiger partial charge in [0.05, 0.1) is 7.11 Å². The molecule has 3 aromatic rings. The van der Waals surface area contributed by atoms with Crippen molar-refractivity contribution >= 4 is 22.9 Å². The highest BCUT2D eigenvalue weighted by atomic mass is 16.5. The smallest absolute Gasteiger partial charge is 0.407 e. The Hall–Kier alpha value is -3.27. The summed E-state index contributed by atoms with van der Waals surface area (Å²) in [6.45, 7) is 0.819. The zero-order valence-electron chi connectivity index (χ0n) is 15.4. The molecule has 4 heteroatoms. The molecule has 4 nitrogen and oxygen atoms in total. The second-order valence-electron chi connectivity index (χ2n) is 6.15. The summed E-state index contributed by atoms with van der Waals surface area (Å²) in [5.41, 5.74) is 2.10. The second kappa shape index (κ2) is 9.43. The first-order valence-electron chi connectivity index (χ1n) is 8.93. The summed E-state index contributed by atoms with van der Waals surface area (Å²) in [7, 11) is 1.67. The van der Waals surface area contributed by atoms with Crippen molar-refractivity contribution in [2.45, 2.75) is 13.0 Å². The number of amides is 1. The highest BCUT2D eigenvalue weighted by Crippen LogP contribution is 2.22. The van der Waals surface area contributed by atoms with Crippen molar-refractivity contribution in [3.8, 4) is 5.75 Å². The highest BCUT2D eigenvalue weighted by Gasteiger charge is 2.01. The van der Waals surface area contributed by atoms with Crippen LogP contribution in [0.4, 0.5) is 4.79 Å². The average Bonchev–Trinajstić information content (AvgIpc) is 2.72. The Bertz CT molecular complexity index is 919. The lowest BCUT2D eigenvalue weighted by Crippen LogP contribution is -2.24. The second-order valence-corrected chi connectivity index (χ2v) is 6.15. The van der Waals surface area contributed by atoms with Crippen LogP contribution in [-0.4, -0.2) is 19.7 Å². The number of carbonyl (C=O) groups excluding carboxylic acids is 1. The van der Waals surface area contributed by atoms with Crippen molar-refractivity contribution in [1.82, 2.24) is 5.32 Å². The molecule has 27 heavy (non-hydrogen) atoms. The Labute approximate surface area is 159 Å². The van der Waals surface area contributed by atoms with Crippen LogP contribution < -0.4 is 10.1 Å². The summed E-state index contributed by atoms with van der Waals surface area (Å²) in [6.07, 6.45) is 4.44.